The molecule has 0 aliphatic carbocycles. The standard InChI is InChI=1S/C20H16ClN3/c21-18-8-6-17(7-9-18)20(15-22,12-16-4-2-1-3-5-16)13-19-14-23-10-11-24-19/h1-11,14H,12-13H2. The van der Waals surface area contributed by atoms with Crippen LogP contribution in [0.1, 0.15) is 16.8 Å². The molecule has 0 aliphatic rings. The first-order valence-corrected chi connectivity index (χ1v) is 8.06. The third kappa shape index (κ3) is 3.61. The summed E-state index contributed by atoms with van der Waals surface area (Å²) in [5, 5.41) is 10.7. The van der Waals surface area contributed by atoms with Crippen molar-refractivity contribution in [2.75, 3.05) is 0 Å². The molecule has 3 aromatic rings. The molecular formula is C20H16ClN3. The van der Waals surface area contributed by atoms with Crippen LogP contribution in [0.15, 0.2) is 73.2 Å². The van der Waals surface area contributed by atoms with E-state index in [2.05, 4.69) is 16.0 Å². The van der Waals surface area contributed by atoms with Gasteiger partial charge in [-0.3, -0.25) is 9.97 Å². The minimum atomic E-state index is -0.720. The van der Waals surface area contributed by atoms with Gasteiger partial charge in [0.2, 0.25) is 0 Å². The van der Waals surface area contributed by atoms with Gasteiger partial charge in [0.1, 0.15) is 0 Å². The maximum atomic E-state index is 10.1. The van der Waals surface area contributed by atoms with Crippen LogP contribution in [0.3, 0.4) is 0 Å². The van der Waals surface area contributed by atoms with Gasteiger partial charge in [-0.05, 0) is 29.7 Å². The molecule has 0 aliphatic heterocycles. The van der Waals surface area contributed by atoms with E-state index in [4.69, 9.17) is 11.6 Å². The second kappa shape index (κ2) is 7.25. The summed E-state index contributed by atoms with van der Waals surface area (Å²) >= 11 is 6.02. The van der Waals surface area contributed by atoms with Crippen LogP contribution in [-0.2, 0) is 18.3 Å². The average molecular weight is 334 g/mol. The monoisotopic (exact) mass is 333 g/mol. The van der Waals surface area contributed by atoms with Crippen LogP contribution in [0.25, 0.3) is 0 Å². The van der Waals surface area contributed by atoms with Crippen LogP contribution in [0, 0.1) is 11.3 Å². The topological polar surface area (TPSA) is 49.6 Å². The van der Waals surface area contributed by atoms with Gasteiger partial charge < -0.3 is 0 Å². The Morgan fingerprint density at radius 2 is 1.71 bits per heavy atom. The van der Waals surface area contributed by atoms with E-state index in [0.29, 0.717) is 17.9 Å². The van der Waals surface area contributed by atoms with Crippen molar-refractivity contribution in [1.82, 2.24) is 9.97 Å². The van der Waals surface area contributed by atoms with Crippen LogP contribution in [0.4, 0.5) is 0 Å². The van der Waals surface area contributed by atoms with Crippen molar-refractivity contribution >= 4 is 11.6 Å². The Labute approximate surface area is 146 Å². The average Bonchev–Trinajstić information content (AvgIpc) is 2.63. The van der Waals surface area contributed by atoms with E-state index in [1.807, 2.05) is 54.6 Å². The van der Waals surface area contributed by atoms with E-state index < -0.39 is 5.41 Å². The summed E-state index contributed by atoms with van der Waals surface area (Å²) in [7, 11) is 0. The van der Waals surface area contributed by atoms with E-state index in [-0.39, 0.29) is 0 Å². The summed E-state index contributed by atoms with van der Waals surface area (Å²) in [6.45, 7) is 0. The van der Waals surface area contributed by atoms with Crippen molar-refractivity contribution in [3.8, 4) is 6.07 Å². The molecule has 0 N–H and O–H groups in total. The molecule has 0 saturated heterocycles. The summed E-state index contributed by atoms with van der Waals surface area (Å²) in [5.41, 5.74) is 2.12. The van der Waals surface area contributed by atoms with Gasteiger partial charge in [-0.2, -0.15) is 5.26 Å². The van der Waals surface area contributed by atoms with Crippen LogP contribution < -0.4 is 0 Å². The lowest BCUT2D eigenvalue weighted by molar-refractivity contribution is 0.533. The fraction of sp³-hybridized carbons (Fsp3) is 0.150. The zero-order chi connectivity index (χ0) is 16.8. The highest BCUT2D eigenvalue weighted by atomic mass is 35.5. The molecule has 118 valence electrons. The predicted octanol–water partition coefficient (Wildman–Crippen LogP) is 4.38. The number of aromatic nitrogens is 2. The fourth-order valence-corrected chi connectivity index (χ4v) is 2.98. The molecule has 0 bridgehead atoms. The van der Waals surface area contributed by atoms with E-state index in [1.165, 1.54) is 0 Å². The van der Waals surface area contributed by atoms with Crippen molar-refractivity contribution in [3.05, 3.63) is 95.0 Å². The van der Waals surface area contributed by atoms with E-state index >= 15 is 0 Å². The Bertz CT molecular complexity index is 783. The maximum Gasteiger partial charge on any atom is 0.0918 e. The third-order valence-electron chi connectivity index (χ3n) is 4.06. The Morgan fingerprint density at radius 3 is 2.33 bits per heavy atom. The number of hydrogen-bond acceptors (Lipinski definition) is 3. The molecule has 2 aromatic carbocycles. The highest BCUT2D eigenvalue weighted by Gasteiger charge is 2.33. The maximum absolute atomic E-state index is 10.1. The first-order valence-electron chi connectivity index (χ1n) is 7.68. The zero-order valence-corrected chi connectivity index (χ0v) is 13.8. The second-order valence-corrected chi connectivity index (χ2v) is 6.17. The number of nitriles is 1. The van der Waals surface area contributed by atoms with Gasteiger partial charge in [-0.15, -0.1) is 0 Å². The van der Waals surface area contributed by atoms with E-state index in [0.717, 1.165) is 16.8 Å². The first kappa shape index (κ1) is 16.2. The van der Waals surface area contributed by atoms with Crippen LogP contribution in [-0.4, -0.2) is 9.97 Å². The fourth-order valence-electron chi connectivity index (χ4n) is 2.85. The van der Waals surface area contributed by atoms with E-state index in [9.17, 15) is 5.26 Å². The molecule has 0 fully saturated rings. The summed E-state index contributed by atoms with van der Waals surface area (Å²) in [6, 6.07) is 20.1. The number of halogens is 1. The predicted molar refractivity (Wildman–Crippen MR) is 94.6 cm³/mol. The zero-order valence-electron chi connectivity index (χ0n) is 13.1. The SMILES string of the molecule is N#CC(Cc1ccccc1)(Cc1cnccn1)c1ccc(Cl)cc1. The molecule has 24 heavy (non-hydrogen) atoms. The third-order valence-corrected chi connectivity index (χ3v) is 4.31. The Morgan fingerprint density at radius 1 is 0.958 bits per heavy atom. The summed E-state index contributed by atoms with van der Waals surface area (Å²) in [6.07, 6.45) is 6.10. The molecule has 1 atom stereocenters. The minimum absolute atomic E-state index is 0.494. The number of benzene rings is 2. The van der Waals surface area contributed by atoms with Crippen molar-refractivity contribution in [2.45, 2.75) is 18.3 Å². The van der Waals surface area contributed by atoms with Gasteiger partial charge in [-0.1, -0.05) is 54.1 Å². The lowest BCUT2D eigenvalue weighted by Crippen LogP contribution is -2.30. The minimum Gasteiger partial charge on any atom is -0.261 e. The molecule has 0 saturated carbocycles. The molecule has 1 unspecified atom stereocenters. The summed E-state index contributed by atoms with van der Waals surface area (Å²) in [4.78, 5) is 8.48. The molecule has 3 nitrogen and oxygen atoms in total. The van der Waals surface area contributed by atoms with Gasteiger partial charge in [0, 0.05) is 30.0 Å². The second-order valence-electron chi connectivity index (χ2n) is 5.74. The molecule has 1 aromatic heterocycles. The summed E-state index contributed by atoms with van der Waals surface area (Å²) < 4.78 is 0. The first-order chi connectivity index (χ1) is 11.7. The van der Waals surface area contributed by atoms with E-state index in [1.54, 1.807) is 18.6 Å². The summed E-state index contributed by atoms with van der Waals surface area (Å²) in [5.74, 6) is 0. The Balaban J connectivity index is 2.04. The lowest BCUT2D eigenvalue weighted by atomic mass is 9.73. The molecule has 3 rings (SSSR count). The highest BCUT2D eigenvalue weighted by molar-refractivity contribution is 6.30. The largest absolute Gasteiger partial charge is 0.261 e. The van der Waals surface area contributed by atoms with Crippen molar-refractivity contribution in [2.24, 2.45) is 0 Å². The lowest BCUT2D eigenvalue weighted by Gasteiger charge is -2.27. The Hall–Kier alpha value is -2.70. The molecule has 1 heterocycles. The molecule has 4 heteroatoms. The van der Waals surface area contributed by atoms with Gasteiger partial charge in [0.25, 0.3) is 0 Å². The molecule has 0 spiro atoms. The quantitative estimate of drug-likeness (QED) is 0.696. The van der Waals surface area contributed by atoms with Crippen LogP contribution in [0.5, 0.6) is 0 Å². The van der Waals surface area contributed by atoms with Gasteiger partial charge in [0.15, 0.2) is 0 Å². The van der Waals surface area contributed by atoms with Crippen LogP contribution in [0.2, 0.25) is 5.02 Å². The molecule has 0 radical (unpaired) electrons. The van der Waals surface area contributed by atoms with Crippen molar-refractivity contribution in [3.63, 3.8) is 0 Å². The van der Waals surface area contributed by atoms with Gasteiger partial charge in [-0.25, -0.2) is 0 Å². The van der Waals surface area contributed by atoms with Crippen LogP contribution >= 0.6 is 11.6 Å². The number of nitrogens with zero attached hydrogens (tertiary/aromatic N) is 3. The number of hydrogen-bond donors (Lipinski definition) is 0. The molecule has 0 amide bonds. The highest BCUT2D eigenvalue weighted by Crippen LogP contribution is 2.32. The van der Waals surface area contributed by atoms with Gasteiger partial charge >= 0.3 is 0 Å². The number of rotatable bonds is 5. The smallest absolute Gasteiger partial charge is 0.0918 e. The van der Waals surface area contributed by atoms with Crippen molar-refractivity contribution < 1.29 is 0 Å². The molecular weight excluding hydrogens is 318 g/mol. The Kier molecular flexibility index (Phi) is 4.88. The van der Waals surface area contributed by atoms with Crippen molar-refractivity contribution in [1.29, 1.82) is 5.26 Å². The van der Waals surface area contributed by atoms with Gasteiger partial charge in [0.05, 0.1) is 17.2 Å². The normalized spacial score (nSPS) is 13.0.